The first kappa shape index (κ1) is 12.6. The van der Waals surface area contributed by atoms with E-state index in [4.69, 9.17) is 10.2 Å². The molecular weight excluding hydrogens is 236 g/mol. The molecule has 2 rings (SSSR count). The monoisotopic (exact) mass is 252 g/mol. The molecule has 1 aromatic rings. The van der Waals surface area contributed by atoms with E-state index in [1.165, 1.54) is 11.2 Å². The van der Waals surface area contributed by atoms with Gasteiger partial charge in [0.05, 0.1) is 0 Å². The SMILES string of the molecule is Cc1nc(C(=O)N2CCN(C)C[C@H]2C(N)=O)co1. The van der Waals surface area contributed by atoms with Crippen LogP contribution in [0.5, 0.6) is 0 Å². The number of carbonyl (C=O) groups excluding carboxylic acids is 2. The summed E-state index contributed by atoms with van der Waals surface area (Å²) in [7, 11) is 1.89. The Labute approximate surface area is 105 Å². The van der Waals surface area contributed by atoms with E-state index in [1.807, 2.05) is 11.9 Å². The number of aryl methyl sites for hydroxylation is 1. The van der Waals surface area contributed by atoms with Crippen molar-refractivity contribution < 1.29 is 14.0 Å². The molecule has 1 aliphatic heterocycles. The molecule has 0 spiro atoms. The maximum atomic E-state index is 12.2. The van der Waals surface area contributed by atoms with Gasteiger partial charge in [-0.1, -0.05) is 0 Å². The summed E-state index contributed by atoms with van der Waals surface area (Å²) < 4.78 is 5.01. The van der Waals surface area contributed by atoms with Crippen molar-refractivity contribution in [1.82, 2.24) is 14.8 Å². The van der Waals surface area contributed by atoms with E-state index in [0.29, 0.717) is 25.5 Å². The minimum Gasteiger partial charge on any atom is -0.448 e. The van der Waals surface area contributed by atoms with E-state index in [0.717, 1.165) is 0 Å². The molecule has 0 saturated carbocycles. The van der Waals surface area contributed by atoms with Gasteiger partial charge in [0.25, 0.3) is 5.91 Å². The minimum atomic E-state index is -0.617. The first-order valence-corrected chi connectivity index (χ1v) is 5.70. The summed E-state index contributed by atoms with van der Waals surface area (Å²) in [5, 5.41) is 0. The molecule has 0 bridgehead atoms. The van der Waals surface area contributed by atoms with Crippen molar-refractivity contribution >= 4 is 11.8 Å². The molecule has 1 fully saturated rings. The van der Waals surface area contributed by atoms with Crippen LogP contribution in [0.1, 0.15) is 16.4 Å². The molecular formula is C11H16N4O3. The number of nitrogens with zero attached hydrogens (tertiary/aromatic N) is 3. The lowest BCUT2D eigenvalue weighted by Gasteiger charge is -2.37. The number of likely N-dealkylation sites (N-methyl/N-ethyl adjacent to an activating group) is 1. The first-order chi connectivity index (χ1) is 8.49. The molecule has 1 aliphatic rings. The number of rotatable bonds is 2. The summed E-state index contributed by atoms with van der Waals surface area (Å²) in [5.41, 5.74) is 5.55. The van der Waals surface area contributed by atoms with Crippen LogP contribution >= 0.6 is 0 Å². The van der Waals surface area contributed by atoms with Crippen molar-refractivity contribution in [2.45, 2.75) is 13.0 Å². The first-order valence-electron chi connectivity index (χ1n) is 5.70. The quantitative estimate of drug-likeness (QED) is 0.745. The highest BCUT2D eigenvalue weighted by molar-refractivity contribution is 5.95. The molecule has 7 heteroatoms. The molecule has 98 valence electrons. The maximum Gasteiger partial charge on any atom is 0.276 e. The number of amides is 2. The highest BCUT2D eigenvalue weighted by atomic mass is 16.3. The predicted molar refractivity (Wildman–Crippen MR) is 62.8 cm³/mol. The third-order valence-electron chi connectivity index (χ3n) is 3.01. The van der Waals surface area contributed by atoms with E-state index in [2.05, 4.69) is 4.98 Å². The average molecular weight is 252 g/mol. The lowest BCUT2D eigenvalue weighted by Crippen LogP contribution is -2.59. The van der Waals surface area contributed by atoms with Gasteiger partial charge in [-0.05, 0) is 7.05 Å². The Hall–Kier alpha value is -1.89. The maximum absolute atomic E-state index is 12.2. The number of hydrogen-bond donors (Lipinski definition) is 1. The molecule has 0 unspecified atom stereocenters. The fourth-order valence-corrected chi connectivity index (χ4v) is 2.01. The summed E-state index contributed by atoms with van der Waals surface area (Å²) in [6, 6.07) is -0.617. The standard InChI is InChI=1S/C11H16N4O3/c1-7-13-8(6-18-7)11(17)15-4-3-14(2)5-9(15)10(12)16/h6,9H,3-5H2,1-2H3,(H2,12,16)/t9-/m0/s1. The summed E-state index contributed by atoms with van der Waals surface area (Å²) in [6.07, 6.45) is 1.30. The van der Waals surface area contributed by atoms with Crippen molar-refractivity contribution in [2.24, 2.45) is 5.73 Å². The largest absolute Gasteiger partial charge is 0.448 e. The van der Waals surface area contributed by atoms with Crippen LogP contribution in [0.25, 0.3) is 0 Å². The molecule has 2 heterocycles. The van der Waals surface area contributed by atoms with E-state index < -0.39 is 11.9 Å². The van der Waals surface area contributed by atoms with Gasteiger partial charge >= 0.3 is 0 Å². The predicted octanol–water partition coefficient (Wildman–Crippen LogP) is -0.775. The number of carbonyl (C=O) groups is 2. The van der Waals surface area contributed by atoms with Crippen molar-refractivity contribution in [3.05, 3.63) is 17.8 Å². The third-order valence-corrected chi connectivity index (χ3v) is 3.01. The smallest absolute Gasteiger partial charge is 0.276 e. The van der Waals surface area contributed by atoms with Gasteiger partial charge in [-0.3, -0.25) is 9.59 Å². The van der Waals surface area contributed by atoms with Crippen molar-refractivity contribution in [3.63, 3.8) is 0 Å². The zero-order chi connectivity index (χ0) is 13.3. The number of aromatic nitrogens is 1. The van der Waals surface area contributed by atoms with Crippen LogP contribution in [0, 0.1) is 6.92 Å². The number of hydrogen-bond acceptors (Lipinski definition) is 5. The molecule has 2 amide bonds. The van der Waals surface area contributed by atoms with E-state index in [9.17, 15) is 9.59 Å². The Balaban J connectivity index is 2.20. The molecule has 1 saturated heterocycles. The molecule has 1 atom stereocenters. The van der Waals surface area contributed by atoms with E-state index >= 15 is 0 Å². The van der Waals surface area contributed by atoms with Crippen LogP contribution in [0.2, 0.25) is 0 Å². The average Bonchev–Trinajstić information content (AvgIpc) is 2.75. The molecule has 1 aromatic heterocycles. The third kappa shape index (κ3) is 2.35. The fourth-order valence-electron chi connectivity index (χ4n) is 2.01. The Bertz CT molecular complexity index is 471. The lowest BCUT2D eigenvalue weighted by atomic mass is 10.1. The summed E-state index contributed by atoms with van der Waals surface area (Å²) in [5.74, 6) is -0.401. The molecule has 0 radical (unpaired) electrons. The van der Waals surface area contributed by atoms with Crippen LogP contribution in [0.3, 0.4) is 0 Å². The van der Waals surface area contributed by atoms with Gasteiger partial charge in [-0.2, -0.15) is 0 Å². The van der Waals surface area contributed by atoms with Crippen LogP contribution in [0.15, 0.2) is 10.7 Å². The van der Waals surface area contributed by atoms with Gasteiger partial charge in [0.1, 0.15) is 12.3 Å². The van der Waals surface area contributed by atoms with Crippen LogP contribution in [-0.4, -0.2) is 59.3 Å². The summed E-state index contributed by atoms with van der Waals surface area (Å²) in [6.45, 7) is 3.26. The van der Waals surface area contributed by atoms with Gasteiger partial charge < -0.3 is 20.0 Å². The summed E-state index contributed by atoms with van der Waals surface area (Å²) >= 11 is 0. The Kier molecular flexibility index (Phi) is 3.33. The van der Waals surface area contributed by atoms with Crippen LogP contribution in [-0.2, 0) is 4.79 Å². The molecule has 7 nitrogen and oxygen atoms in total. The van der Waals surface area contributed by atoms with Gasteiger partial charge in [-0.25, -0.2) is 4.98 Å². The fraction of sp³-hybridized carbons (Fsp3) is 0.545. The number of piperazine rings is 1. The lowest BCUT2D eigenvalue weighted by molar-refractivity contribution is -0.124. The van der Waals surface area contributed by atoms with Gasteiger partial charge in [0, 0.05) is 26.6 Å². The number of primary amides is 1. The van der Waals surface area contributed by atoms with Crippen molar-refractivity contribution in [2.75, 3.05) is 26.7 Å². The van der Waals surface area contributed by atoms with Gasteiger partial charge in [0.15, 0.2) is 11.6 Å². The highest BCUT2D eigenvalue weighted by Gasteiger charge is 2.34. The Morgan fingerprint density at radius 3 is 2.78 bits per heavy atom. The van der Waals surface area contributed by atoms with Crippen LogP contribution < -0.4 is 5.73 Å². The second-order valence-electron chi connectivity index (χ2n) is 4.43. The number of nitrogens with two attached hydrogens (primary N) is 1. The topological polar surface area (TPSA) is 92.7 Å². The Morgan fingerprint density at radius 1 is 1.50 bits per heavy atom. The zero-order valence-corrected chi connectivity index (χ0v) is 10.4. The Morgan fingerprint density at radius 2 is 2.22 bits per heavy atom. The molecule has 0 aliphatic carbocycles. The molecule has 18 heavy (non-hydrogen) atoms. The van der Waals surface area contributed by atoms with Crippen molar-refractivity contribution in [1.29, 1.82) is 0 Å². The molecule has 2 N–H and O–H groups in total. The van der Waals surface area contributed by atoms with E-state index in [1.54, 1.807) is 6.92 Å². The van der Waals surface area contributed by atoms with Gasteiger partial charge in [-0.15, -0.1) is 0 Å². The van der Waals surface area contributed by atoms with Crippen LogP contribution in [0.4, 0.5) is 0 Å². The zero-order valence-electron chi connectivity index (χ0n) is 10.4. The van der Waals surface area contributed by atoms with E-state index in [-0.39, 0.29) is 11.6 Å². The minimum absolute atomic E-state index is 0.211. The molecule has 0 aromatic carbocycles. The second-order valence-corrected chi connectivity index (χ2v) is 4.43. The van der Waals surface area contributed by atoms with Gasteiger partial charge in [0.2, 0.25) is 5.91 Å². The van der Waals surface area contributed by atoms with Crippen molar-refractivity contribution in [3.8, 4) is 0 Å². The highest BCUT2D eigenvalue weighted by Crippen LogP contribution is 2.13. The summed E-state index contributed by atoms with van der Waals surface area (Å²) in [4.78, 5) is 31.0. The second kappa shape index (κ2) is 4.77. The normalized spacial score (nSPS) is 21.0. The number of oxazole rings is 1.